The van der Waals surface area contributed by atoms with Crippen molar-refractivity contribution in [2.45, 2.75) is 52.0 Å². The van der Waals surface area contributed by atoms with Crippen molar-refractivity contribution >= 4 is 11.7 Å². The van der Waals surface area contributed by atoms with Crippen LogP contribution in [-0.4, -0.2) is 24.3 Å². The number of carbonyl (C=O) groups is 2. The van der Waals surface area contributed by atoms with Crippen LogP contribution in [0.2, 0.25) is 0 Å². The van der Waals surface area contributed by atoms with E-state index < -0.39 is 0 Å². The molecule has 4 heteroatoms. The Balaban J connectivity index is 1.75. The number of ether oxygens (including phenoxy) is 1. The molecule has 0 spiro atoms. The first-order chi connectivity index (χ1) is 10.6. The Hall–Kier alpha value is -1.84. The molecule has 1 aromatic rings. The molecular weight excluding hydrogens is 278 g/mol. The van der Waals surface area contributed by atoms with Crippen molar-refractivity contribution in [3.8, 4) is 5.75 Å². The summed E-state index contributed by atoms with van der Waals surface area (Å²) in [4.78, 5) is 23.9. The molecule has 2 rings (SSSR count). The highest BCUT2D eigenvalue weighted by atomic mass is 16.5. The molecule has 1 amide bonds. The van der Waals surface area contributed by atoms with Gasteiger partial charge in [0.15, 0.2) is 5.78 Å². The maximum Gasteiger partial charge on any atom is 0.220 e. The van der Waals surface area contributed by atoms with Gasteiger partial charge in [0.1, 0.15) is 5.75 Å². The van der Waals surface area contributed by atoms with Crippen molar-refractivity contribution in [2.24, 2.45) is 5.92 Å². The molecule has 0 aliphatic heterocycles. The Morgan fingerprint density at radius 3 is 2.50 bits per heavy atom. The normalized spacial score (nSPS) is 15.2. The summed E-state index contributed by atoms with van der Waals surface area (Å²) in [7, 11) is 0. The molecule has 1 atom stereocenters. The standard InChI is InChI=1S/C18H25NO3/c1-3-12-22-16-8-6-15(7-9-16)17(20)10-11-18(21)19-13(2)14-4-5-14/h6-9,13-14H,3-5,10-12H2,1-2H3,(H,19,21). The Morgan fingerprint density at radius 1 is 1.23 bits per heavy atom. The van der Waals surface area contributed by atoms with Gasteiger partial charge in [0.05, 0.1) is 6.61 Å². The number of Topliss-reactive ketones (excluding diaryl/α,β-unsaturated/α-hetero) is 1. The van der Waals surface area contributed by atoms with Gasteiger partial charge in [-0.05, 0) is 56.4 Å². The zero-order chi connectivity index (χ0) is 15.9. The number of hydrogen-bond donors (Lipinski definition) is 1. The average molecular weight is 303 g/mol. The van der Waals surface area contributed by atoms with E-state index in [0.717, 1.165) is 12.2 Å². The highest BCUT2D eigenvalue weighted by Gasteiger charge is 2.28. The fraction of sp³-hybridized carbons (Fsp3) is 0.556. The van der Waals surface area contributed by atoms with Crippen molar-refractivity contribution in [2.75, 3.05) is 6.61 Å². The summed E-state index contributed by atoms with van der Waals surface area (Å²) in [6, 6.07) is 7.37. The zero-order valence-corrected chi connectivity index (χ0v) is 13.4. The van der Waals surface area contributed by atoms with E-state index in [1.807, 2.05) is 13.8 Å². The molecular formula is C18H25NO3. The number of rotatable bonds is 9. The second-order valence-corrected chi connectivity index (χ2v) is 5.99. The fourth-order valence-corrected chi connectivity index (χ4v) is 2.37. The lowest BCUT2D eigenvalue weighted by molar-refractivity contribution is -0.121. The van der Waals surface area contributed by atoms with Gasteiger partial charge in [0.25, 0.3) is 0 Å². The molecule has 1 N–H and O–H groups in total. The van der Waals surface area contributed by atoms with E-state index >= 15 is 0 Å². The first-order valence-corrected chi connectivity index (χ1v) is 8.15. The molecule has 0 radical (unpaired) electrons. The van der Waals surface area contributed by atoms with Crippen LogP contribution in [0.4, 0.5) is 0 Å². The number of ketones is 1. The van der Waals surface area contributed by atoms with Crippen LogP contribution in [0, 0.1) is 5.92 Å². The third-order valence-corrected chi connectivity index (χ3v) is 3.95. The third kappa shape index (κ3) is 5.17. The topological polar surface area (TPSA) is 55.4 Å². The number of amides is 1. The monoisotopic (exact) mass is 303 g/mol. The first kappa shape index (κ1) is 16.5. The molecule has 0 heterocycles. The molecule has 1 unspecified atom stereocenters. The summed E-state index contributed by atoms with van der Waals surface area (Å²) in [6.45, 7) is 4.76. The highest BCUT2D eigenvalue weighted by Crippen LogP contribution is 2.32. The molecule has 0 aromatic heterocycles. The predicted molar refractivity (Wildman–Crippen MR) is 86.1 cm³/mol. The van der Waals surface area contributed by atoms with Gasteiger partial charge in [-0.15, -0.1) is 0 Å². The summed E-state index contributed by atoms with van der Waals surface area (Å²) >= 11 is 0. The molecule has 1 aliphatic carbocycles. The van der Waals surface area contributed by atoms with E-state index in [0.29, 0.717) is 18.1 Å². The maximum absolute atomic E-state index is 12.1. The molecule has 22 heavy (non-hydrogen) atoms. The van der Waals surface area contributed by atoms with Crippen molar-refractivity contribution in [3.05, 3.63) is 29.8 Å². The van der Waals surface area contributed by atoms with Crippen LogP contribution < -0.4 is 10.1 Å². The summed E-state index contributed by atoms with van der Waals surface area (Å²) in [5, 5.41) is 2.97. The molecule has 0 saturated heterocycles. The van der Waals surface area contributed by atoms with Gasteiger partial charge in [0, 0.05) is 24.4 Å². The third-order valence-electron chi connectivity index (χ3n) is 3.95. The van der Waals surface area contributed by atoms with Gasteiger partial charge in [-0.2, -0.15) is 0 Å². The summed E-state index contributed by atoms with van der Waals surface area (Å²) in [5.41, 5.74) is 0.631. The van der Waals surface area contributed by atoms with Gasteiger partial charge in [0.2, 0.25) is 5.91 Å². The molecule has 0 bridgehead atoms. The zero-order valence-electron chi connectivity index (χ0n) is 13.4. The summed E-state index contributed by atoms with van der Waals surface area (Å²) in [5.74, 6) is 1.37. The van der Waals surface area contributed by atoms with E-state index in [1.165, 1.54) is 12.8 Å². The number of carbonyl (C=O) groups excluding carboxylic acids is 2. The fourth-order valence-electron chi connectivity index (χ4n) is 2.37. The van der Waals surface area contributed by atoms with Crippen LogP contribution in [0.15, 0.2) is 24.3 Å². The SMILES string of the molecule is CCCOc1ccc(C(=O)CCC(=O)NC(C)C2CC2)cc1. The molecule has 1 aliphatic rings. The van der Waals surface area contributed by atoms with Gasteiger partial charge < -0.3 is 10.1 Å². The molecule has 1 saturated carbocycles. The quantitative estimate of drug-likeness (QED) is 0.712. The first-order valence-electron chi connectivity index (χ1n) is 8.15. The summed E-state index contributed by atoms with van der Waals surface area (Å²) < 4.78 is 5.48. The van der Waals surface area contributed by atoms with Crippen molar-refractivity contribution in [1.82, 2.24) is 5.32 Å². The van der Waals surface area contributed by atoms with Gasteiger partial charge in [-0.3, -0.25) is 9.59 Å². The van der Waals surface area contributed by atoms with Crippen LogP contribution in [0.1, 0.15) is 56.3 Å². The molecule has 120 valence electrons. The van der Waals surface area contributed by atoms with Crippen LogP contribution >= 0.6 is 0 Å². The van der Waals surface area contributed by atoms with Crippen LogP contribution in [-0.2, 0) is 4.79 Å². The van der Waals surface area contributed by atoms with Gasteiger partial charge in [-0.25, -0.2) is 0 Å². The van der Waals surface area contributed by atoms with Gasteiger partial charge >= 0.3 is 0 Å². The van der Waals surface area contributed by atoms with E-state index in [9.17, 15) is 9.59 Å². The van der Waals surface area contributed by atoms with E-state index in [1.54, 1.807) is 24.3 Å². The number of hydrogen-bond acceptors (Lipinski definition) is 3. The highest BCUT2D eigenvalue weighted by molar-refractivity contribution is 5.98. The molecule has 1 fully saturated rings. The number of nitrogens with one attached hydrogen (secondary N) is 1. The molecule has 4 nitrogen and oxygen atoms in total. The largest absolute Gasteiger partial charge is 0.494 e. The molecule has 1 aromatic carbocycles. The Bertz CT molecular complexity index is 506. The smallest absolute Gasteiger partial charge is 0.220 e. The van der Waals surface area contributed by atoms with E-state index in [2.05, 4.69) is 5.32 Å². The second-order valence-electron chi connectivity index (χ2n) is 5.99. The maximum atomic E-state index is 12.1. The van der Waals surface area contributed by atoms with Crippen molar-refractivity contribution in [3.63, 3.8) is 0 Å². The lowest BCUT2D eigenvalue weighted by Crippen LogP contribution is -2.34. The Labute approximate surface area is 132 Å². The second kappa shape index (κ2) is 7.97. The summed E-state index contributed by atoms with van der Waals surface area (Å²) in [6.07, 6.45) is 3.86. The number of benzene rings is 1. The lowest BCUT2D eigenvalue weighted by Gasteiger charge is -2.12. The van der Waals surface area contributed by atoms with Crippen LogP contribution in [0.5, 0.6) is 5.75 Å². The minimum atomic E-state index is -0.0318. The predicted octanol–water partition coefficient (Wildman–Crippen LogP) is 3.35. The lowest BCUT2D eigenvalue weighted by atomic mass is 10.1. The van der Waals surface area contributed by atoms with E-state index in [-0.39, 0.29) is 30.6 Å². The van der Waals surface area contributed by atoms with Crippen LogP contribution in [0.25, 0.3) is 0 Å². The van der Waals surface area contributed by atoms with Crippen molar-refractivity contribution in [1.29, 1.82) is 0 Å². The van der Waals surface area contributed by atoms with Crippen molar-refractivity contribution < 1.29 is 14.3 Å². The average Bonchev–Trinajstić information content (AvgIpc) is 3.36. The Morgan fingerprint density at radius 2 is 1.91 bits per heavy atom. The minimum Gasteiger partial charge on any atom is -0.494 e. The van der Waals surface area contributed by atoms with E-state index in [4.69, 9.17) is 4.74 Å². The van der Waals surface area contributed by atoms with Crippen LogP contribution in [0.3, 0.4) is 0 Å². The Kier molecular flexibility index (Phi) is 5.99. The minimum absolute atomic E-state index is 0.00346. The van der Waals surface area contributed by atoms with Gasteiger partial charge in [-0.1, -0.05) is 6.92 Å².